The molecule has 0 radical (unpaired) electrons. The molecule has 0 bridgehead atoms. The summed E-state index contributed by atoms with van der Waals surface area (Å²) in [5.74, 6) is 0.164. The lowest BCUT2D eigenvalue weighted by atomic mass is 10.2. The van der Waals surface area contributed by atoms with Crippen LogP contribution >= 0.6 is 0 Å². The molecule has 0 aromatic heterocycles. The van der Waals surface area contributed by atoms with E-state index in [9.17, 15) is 4.79 Å². The maximum atomic E-state index is 10.9. The van der Waals surface area contributed by atoms with Crippen LogP contribution < -0.4 is 5.32 Å². The molecular weight excluding hydrogens is 138 g/mol. The third-order valence-electron chi connectivity index (χ3n) is 1.38. The van der Waals surface area contributed by atoms with Gasteiger partial charge >= 0.3 is 0 Å². The molecule has 0 atom stereocenters. The quantitative estimate of drug-likeness (QED) is 0.476. The van der Waals surface area contributed by atoms with E-state index in [4.69, 9.17) is 0 Å². The largest absolute Gasteiger partial charge is 0.356 e. The number of hydrogen-bond acceptors (Lipinski definition) is 1. The molecule has 0 aromatic carbocycles. The first-order valence-electron chi connectivity index (χ1n) is 4.19. The molecule has 1 amide bonds. The molecule has 64 valence electrons. The van der Waals surface area contributed by atoms with Crippen molar-refractivity contribution in [1.82, 2.24) is 5.32 Å². The SMILES string of the molecule is C/C=C/CCCC(=O)NCC. The maximum absolute atomic E-state index is 10.9. The summed E-state index contributed by atoms with van der Waals surface area (Å²) >= 11 is 0. The van der Waals surface area contributed by atoms with Crippen LogP contribution in [0.5, 0.6) is 0 Å². The molecule has 0 unspecified atom stereocenters. The number of nitrogens with one attached hydrogen (secondary N) is 1. The Morgan fingerprint density at radius 1 is 1.55 bits per heavy atom. The van der Waals surface area contributed by atoms with E-state index < -0.39 is 0 Å². The molecule has 1 N–H and O–H groups in total. The van der Waals surface area contributed by atoms with Gasteiger partial charge in [-0.2, -0.15) is 0 Å². The molecule has 2 nitrogen and oxygen atoms in total. The van der Waals surface area contributed by atoms with Gasteiger partial charge in [-0.05, 0) is 26.7 Å². The van der Waals surface area contributed by atoms with E-state index in [1.807, 2.05) is 19.9 Å². The Labute approximate surface area is 68.7 Å². The fourth-order valence-corrected chi connectivity index (χ4v) is 0.833. The van der Waals surface area contributed by atoms with Gasteiger partial charge in [0.15, 0.2) is 0 Å². The Bertz CT molecular complexity index is 130. The third kappa shape index (κ3) is 7.10. The smallest absolute Gasteiger partial charge is 0.219 e. The van der Waals surface area contributed by atoms with Crippen molar-refractivity contribution in [3.05, 3.63) is 12.2 Å². The summed E-state index contributed by atoms with van der Waals surface area (Å²) in [6, 6.07) is 0. The van der Waals surface area contributed by atoms with Crippen LogP contribution in [-0.4, -0.2) is 12.5 Å². The van der Waals surface area contributed by atoms with E-state index in [1.54, 1.807) is 0 Å². The number of rotatable bonds is 5. The van der Waals surface area contributed by atoms with Crippen LogP contribution in [0.15, 0.2) is 12.2 Å². The lowest BCUT2D eigenvalue weighted by molar-refractivity contribution is -0.121. The van der Waals surface area contributed by atoms with Crippen molar-refractivity contribution in [2.45, 2.75) is 33.1 Å². The first kappa shape index (κ1) is 10.2. The van der Waals surface area contributed by atoms with Crippen LogP contribution in [0, 0.1) is 0 Å². The molecule has 11 heavy (non-hydrogen) atoms. The Hall–Kier alpha value is -0.790. The van der Waals surface area contributed by atoms with E-state index in [2.05, 4.69) is 11.4 Å². The summed E-state index contributed by atoms with van der Waals surface area (Å²) in [5.41, 5.74) is 0. The molecule has 0 aliphatic rings. The highest BCUT2D eigenvalue weighted by Crippen LogP contribution is 1.95. The maximum Gasteiger partial charge on any atom is 0.219 e. The average Bonchev–Trinajstić information content (AvgIpc) is 1.99. The fourth-order valence-electron chi connectivity index (χ4n) is 0.833. The minimum absolute atomic E-state index is 0.164. The molecule has 2 heteroatoms. The molecule has 0 aliphatic carbocycles. The predicted molar refractivity (Wildman–Crippen MR) is 47.3 cm³/mol. The van der Waals surface area contributed by atoms with Gasteiger partial charge in [0.1, 0.15) is 0 Å². The van der Waals surface area contributed by atoms with Crippen LogP contribution in [0.1, 0.15) is 33.1 Å². The summed E-state index contributed by atoms with van der Waals surface area (Å²) in [4.78, 5) is 10.9. The molecule has 0 rings (SSSR count). The highest BCUT2D eigenvalue weighted by atomic mass is 16.1. The van der Waals surface area contributed by atoms with Gasteiger partial charge in [-0.1, -0.05) is 12.2 Å². The van der Waals surface area contributed by atoms with Gasteiger partial charge in [-0.15, -0.1) is 0 Å². The Balaban J connectivity index is 3.17. The Morgan fingerprint density at radius 2 is 2.27 bits per heavy atom. The number of unbranched alkanes of at least 4 members (excludes halogenated alkanes) is 1. The summed E-state index contributed by atoms with van der Waals surface area (Å²) in [5, 5.41) is 2.76. The lowest BCUT2D eigenvalue weighted by Gasteiger charge is -1.98. The van der Waals surface area contributed by atoms with Crippen molar-refractivity contribution < 1.29 is 4.79 Å². The van der Waals surface area contributed by atoms with E-state index in [0.29, 0.717) is 6.42 Å². The summed E-state index contributed by atoms with van der Waals surface area (Å²) in [6.07, 6.45) is 6.71. The lowest BCUT2D eigenvalue weighted by Crippen LogP contribution is -2.21. The van der Waals surface area contributed by atoms with Crippen LogP contribution in [0.4, 0.5) is 0 Å². The number of carbonyl (C=O) groups excluding carboxylic acids is 1. The van der Waals surface area contributed by atoms with E-state index in [-0.39, 0.29) is 5.91 Å². The van der Waals surface area contributed by atoms with Crippen LogP contribution in [0.25, 0.3) is 0 Å². The topological polar surface area (TPSA) is 29.1 Å². The minimum Gasteiger partial charge on any atom is -0.356 e. The summed E-state index contributed by atoms with van der Waals surface area (Å²) in [7, 11) is 0. The fraction of sp³-hybridized carbons (Fsp3) is 0.667. The first-order valence-corrected chi connectivity index (χ1v) is 4.19. The molecule has 0 aromatic rings. The van der Waals surface area contributed by atoms with Crippen molar-refractivity contribution in [3.8, 4) is 0 Å². The van der Waals surface area contributed by atoms with Gasteiger partial charge in [0, 0.05) is 13.0 Å². The number of carbonyl (C=O) groups is 1. The van der Waals surface area contributed by atoms with E-state index in [0.717, 1.165) is 19.4 Å². The van der Waals surface area contributed by atoms with E-state index >= 15 is 0 Å². The predicted octanol–water partition coefficient (Wildman–Crippen LogP) is 1.87. The van der Waals surface area contributed by atoms with Crippen LogP contribution in [-0.2, 0) is 4.79 Å². The second-order valence-electron chi connectivity index (χ2n) is 2.41. The molecule has 0 fully saturated rings. The van der Waals surface area contributed by atoms with Crippen molar-refractivity contribution in [1.29, 1.82) is 0 Å². The standard InChI is InChI=1S/C9H17NO/c1-3-5-6-7-8-9(11)10-4-2/h3,5H,4,6-8H2,1-2H3,(H,10,11)/b5-3+. The second kappa shape index (κ2) is 7.32. The van der Waals surface area contributed by atoms with Crippen LogP contribution in [0.2, 0.25) is 0 Å². The highest BCUT2D eigenvalue weighted by molar-refractivity contribution is 5.75. The molecule has 0 saturated heterocycles. The first-order chi connectivity index (χ1) is 5.31. The molecule has 0 aliphatic heterocycles. The minimum atomic E-state index is 0.164. The van der Waals surface area contributed by atoms with Gasteiger partial charge < -0.3 is 5.32 Å². The average molecular weight is 155 g/mol. The monoisotopic (exact) mass is 155 g/mol. The van der Waals surface area contributed by atoms with Gasteiger partial charge in [0.2, 0.25) is 5.91 Å². The molecular formula is C9H17NO. The number of allylic oxidation sites excluding steroid dienone is 2. The third-order valence-corrected chi connectivity index (χ3v) is 1.38. The van der Waals surface area contributed by atoms with E-state index in [1.165, 1.54) is 0 Å². The van der Waals surface area contributed by atoms with Gasteiger partial charge in [0.05, 0.1) is 0 Å². The summed E-state index contributed by atoms with van der Waals surface area (Å²) < 4.78 is 0. The zero-order chi connectivity index (χ0) is 8.53. The van der Waals surface area contributed by atoms with Gasteiger partial charge in [-0.25, -0.2) is 0 Å². The molecule has 0 heterocycles. The van der Waals surface area contributed by atoms with Gasteiger partial charge in [0.25, 0.3) is 0 Å². The van der Waals surface area contributed by atoms with Crippen molar-refractivity contribution >= 4 is 5.91 Å². The van der Waals surface area contributed by atoms with Gasteiger partial charge in [-0.3, -0.25) is 4.79 Å². The number of hydrogen-bond donors (Lipinski definition) is 1. The molecule has 0 spiro atoms. The second-order valence-corrected chi connectivity index (χ2v) is 2.41. The zero-order valence-electron chi connectivity index (χ0n) is 7.39. The molecule has 0 saturated carbocycles. The Kier molecular flexibility index (Phi) is 6.79. The van der Waals surface area contributed by atoms with Crippen molar-refractivity contribution in [2.24, 2.45) is 0 Å². The zero-order valence-corrected chi connectivity index (χ0v) is 7.39. The van der Waals surface area contributed by atoms with Crippen molar-refractivity contribution in [2.75, 3.05) is 6.54 Å². The highest BCUT2D eigenvalue weighted by Gasteiger charge is 1.95. The Morgan fingerprint density at radius 3 is 2.82 bits per heavy atom. The normalized spacial score (nSPS) is 10.4. The van der Waals surface area contributed by atoms with Crippen molar-refractivity contribution in [3.63, 3.8) is 0 Å². The summed E-state index contributed by atoms with van der Waals surface area (Å²) in [6.45, 7) is 4.67. The van der Waals surface area contributed by atoms with Crippen LogP contribution in [0.3, 0.4) is 0 Å². The number of amides is 1.